The van der Waals surface area contributed by atoms with Crippen molar-refractivity contribution in [1.82, 2.24) is 10.2 Å². The summed E-state index contributed by atoms with van der Waals surface area (Å²) in [5.74, 6) is 0. The zero-order valence-corrected chi connectivity index (χ0v) is 12.6. The van der Waals surface area contributed by atoms with E-state index in [2.05, 4.69) is 39.4 Å². The number of benzene rings is 1. The third-order valence-electron chi connectivity index (χ3n) is 4.75. The minimum Gasteiger partial charge on any atom is -0.370 e. The standard InChI is InChI=1S/C17H27N3/c1-18-13-15-5-7-16(8-6-15)20-12-9-17(14-20)19-10-3-2-4-11-19/h5-8,17-18H,2-4,9-14H2,1H3. The van der Waals surface area contributed by atoms with Gasteiger partial charge in [-0.05, 0) is 57.1 Å². The summed E-state index contributed by atoms with van der Waals surface area (Å²) >= 11 is 0. The summed E-state index contributed by atoms with van der Waals surface area (Å²) in [6.45, 7) is 6.02. The Balaban J connectivity index is 1.58. The van der Waals surface area contributed by atoms with Crippen molar-refractivity contribution in [3.05, 3.63) is 29.8 Å². The number of nitrogens with one attached hydrogen (secondary N) is 1. The molecule has 2 heterocycles. The van der Waals surface area contributed by atoms with E-state index in [1.54, 1.807) is 0 Å². The lowest BCUT2D eigenvalue weighted by Gasteiger charge is -2.32. The lowest BCUT2D eigenvalue weighted by atomic mass is 10.1. The summed E-state index contributed by atoms with van der Waals surface area (Å²) in [7, 11) is 2.00. The van der Waals surface area contributed by atoms with Gasteiger partial charge < -0.3 is 10.2 Å². The minimum atomic E-state index is 0.785. The Bertz CT molecular complexity index is 409. The predicted molar refractivity (Wildman–Crippen MR) is 85.2 cm³/mol. The van der Waals surface area contributed by atoms with Crippen LogP contribution in [-0.4, -0.2) is 44.2 Å². The van der Waals surface area contributed by atoms with Gasteiger partial charge in [-0.25, -0.2) is 0 Å². The predicted octanol–water partition coefficient (Wildman–Crippen LogP) is 2.47. The molecule has 1 N–H and O–H groups in total. The van der Waals surface area contributed by atoms with Gasteiger partial charge in [0.25, 0.3) is 0 Å². The summed E-state index contributed by atoms with van der Waals surface area (Å²) in [5.41, 5.74) is 2.76. The highest BCUT2D eigenvalue weighted by atomic mass is 15.3. The first-order chi connectivity index (χ1) is 9.86. The van der Waals surface area contributed by atoms with Crippen LogP contribution in [0.25, 0.3) is 0 Å². The van der Waals surface area contributed by atoms with Crippen LogP contribution in [0.1, 0.15) is 31.2 Å². The molecule has 110 valence electrons. The van der Waals surface area contributed by atoms with E-state index in [4.69, 9.17) is 0 Å². The van der Waals surface area contributed by atoms with E-state index in [1.165, 1.54) is 63.1 Å². The highest BCUT2D eigenvalue weighted by Gasteiger charge is 2.28. The molecule has 0 aromatic heterocycles. The van der Waals surface area contributed by atoms with Crippen LogP contribution in [-0.2, 0) is 6.54 Å². The molecule has 1 atom stereocenters. The summed E-state index contributed by atoms with van der Waals surface area (Å²) in [6, 6.07) is 9.85. The lowest BCUT2D eigenvalue weighted by molar-refractivity contribution is 0.175. The van der Waals surface area contributed by atoms with E-state index in [9.17, 15) is 0 Å². The SMILES string of the molecule is CNCc1ccc(N2CCC(N3CCCCC3)C2)cc1. The van der Waals surface area contributed by atoms with Crippen molar-refractivity contribution < 1.29 is 0 Å². The fraction of sp³-hybridized carbons (Fsp3) is 0.647. The zero-order valence-electron chi connectivity index (χ0n) is 12.6. The van der Waals surface area contributed by atoms with Crippen molar-refractivity contribution in [1.29, 1.82) is 0 Å². The molecule has 2 fully saturated rings. The average molecular weight is 273 g/mol. The summed E-state index contributed by atoms with van der Waals surface area (Å²) in [5, 5.41) is 3.20. The van der Waals surface area contributed by atoms with Gasteiger partial charge in [-0.1, -0.05) is 18.6 Å². The summed E-state index contributed by atoms with van der Waals surface area (Å²) < 4.78 is 0. The maximum absolute atomic E-state index is 3.20. The van der Waals surface area contributed by atoms with Crippen molar-refractivity contribution in [2.24, 2.45) is 0 Å². The van der Waals surface area contributed by atoms with Crippen LogP contribution < -0.4 is 10.2 Å². The molecular formula is C17H27N3. The molecule has 1 unspecified atom stereocenters. The molecule has 1 aromatic carbocycles. The number of piperidine rings is 1. The van der Waals surface area contributed by atoms with E-state index in [-0.39, 0.29) is 0 Å². The van der Waals surface area contributed by atoms with Crippen LogP contribution in [0, 0.1) is 0 Å². The van der Waals surface area contributed by atoms with E-state index >= 15 is 0 Å². The smallest absolute Gasteiger partial charge is 0.0366 e. The number of anilines is 1. The Hall–Kier alpha value is -1.06. The minimum absolute atomic E-state index is 0.785. The summed E-state index contributed by atoms with van der Waals surface area (Å²) in [6.07, 6.45) is 5.56. The van der Waals surface area contributed by atoms with Crippen molar-refractivity contribution >= 4 is 5.69 Å². The van der Waals surface area contributed by atoms with Crippen LogP contribution in [0.3, 0.4) is 0 Å². The second-order valence-electron chi connectivity index (χ2n) is 6.18. The maximum Gasteiger partial charge on any atom is 0.0366 e. The first-order valence-corrected chi connectivity index (χ1v) is 8.09. The Morgan fingerprint density at radius 3 is 2.50 bits per heavy atom. The maximum atomic E-state index is 3.20. The van der Waals surface area contributed by atoms with E-state index in [0.717, 1.165) is 12.6 Å². The Morgan fingerprint density at radius 1 is 1.05 bits per heavy atom. The molecule has 0 radical (unpaired) electrons. The van der Waals surface area contributed by atoms with E-state index in [0.29, 0.717) is 0 Å². The fourth-order valence-corrected chi connectivity index (χ4v) is 3.59. The topological polar surface area (TPSA) is 18.5 Å². The number of rotatable bonds is 4. The lowest BCUT2D eigenvalue weighted by Crippen LogP contribution is -2.40. The molecule has 0 saturated carbocycles. The quantitative estimate of drug-likeness (QED) is 0.909. The van der Waals surface area contributed by atoms with Crippen LogP contribution in [0.15, 0.2) is 24.3 Å². The molecule has 20 heavy (non-hydrogen) atoms. The molecule has 2 aliphatic rings. The molecule has 3 heteroatoms. The number of hydrogen-bond donors (Lipinski definition) is 1. The zero-order chi connectivity index (χ0) is 13.8. The molecular weight excluding hydrogens is 246 g/mol. The normalized spacial score (nSPS) is 24.2. The monoisotopic (exact) mass is 273 g/mol. The average Bonchev–Trinajstić information content (AvgIpc) is 2.99. The largest absolute Gasteiger partial charge is 0.370 e. The van der Waals surface area contributed by atoms with Gasteiger partial charge in [-0.15, -0.1) is 0 Å². The third-order valence-corrected chi connectivity index (χ3v) is 4.75. The van der Waals surface area contributed by atoms with Crippen molar-refractivity contribution in [3.8, 4) is 0 Å². The van der Waals surface area contributed by atoms with Gasteiger partial charge >= 0.3 is 0 Å². The molecule has 1 aromatic rings. The molecule has 0 spiro atoms. The molecule has 3 nitrogen and oxygen atoms in total. The van der Waals surface area contributed by atoms with Crippen molar-refractivity contribution in [2.75, 3.05) is 38.1 Å². The van der Waals surface area contributed by atoms with Crippen LogP contribution in [0.2, 0.25) is 0 Å². The molecule has 2 aliphatic heterocycles. The summed E-state index contributed by atoms with van der Waals surface area (Å²) in [4.78, 5) is 5.28. The molecule has 2 saturated heterocycles. The van der Waals surface area contributed by atoms with Crippen molar-refractivity contribution in [3.63, 3.8) is 0 Å². The second-order valence-corrected chi connectivity index (χ2v) is 6.18. The van der Waals surface area contributed by atoms with Gasteiger partial charge in [-0.3, -0.25) is 4.90 Å². The van der Waals surface area contributed by atoms with Gasteiger partial charge in [0.2, 0.25) is 0 Å². The van der Waals surface area contributed by atoms with E-state index in [1.807, 2.05) is 7.05 Å². The number of hydrogen-bond acceptors (Lipinski definition) is 3. The van der Waals surface area contributed by atoms with Crippen molar-refractivity contribution in [2.45, 2.75) is 38.3 Å². The highest BCUT2D eigenvalue weighted by molar-refractivity contribution is 5.48. The van der Waals surface area contributed by atoms with Crippen LogP contribution in [0.5, 0.6) is 0 Å². The first-order valence-electron chi connectivity index (χ1n) is 8.09. The van der Waals surface area contributed by atoms with Crippen LogP contribution in [0.4, 0.5) is 5.69 Å². The molecule has 0 amide bonds. The fourth-order valence-electron chi connectivity index (χ4n) is 3.59. The third kappa shape index (κ3) is 3.15. The molecule has 0 aliphatic carbocycles. The number of likely N-dealkylation sites (tertiary alicyclic amines) is 1. The Kier molecular flexibility index (Phi) is 4.58. The molecule has 3 rings (SSSR count). The van der Waals surface area contributed by atoms with Gasteiger partial charge in [0.05, 0.1) is 0 Å². The van der Waals surface area contributed by atoms with E-state index < -0.39 is 0 Å². The Labute approximate surface area is 123 Å². The molecule has 0 bridgehead atoms. The van der Waals surface area contributed by atoms with Gasteiger partial charge in [0, 0.05) is 31.4 Å². The highest BCUT2D eigenvalue weighted by Crippen LogP contribution is 2.25. The van der Waals surface area contributed by atoms with Crippen LogP contribution >= 0.6 is 0 Å². The first kappa shape index (κ1) is 13.9. The van der Waals surface area contributed by atoms with Gasteiger partial charge in [-0.2, -0.15) is 0 Å². The van der Waals surface area contributed by atoms with Gasteiger partial charge in [0.1, 0.15) is 0 Å². The number of nitrogens with zero attached hydrogens (tertiary/aromatic N) is 2. The second kappa shape index (κ2) is 6.59. The van der Waals surface area contributed by atoms with Gasteiger partial charge in [0.15, 0.2) is 0 Å². The Morgan fingerprint density at radius 2 is 1.80 bits per heavy atom.